The van der Waals surface area contributed by atoms with E-state index >= 15 is 0 Å². The molecule has 0 bridgehead atoms. The lowest BCUT2D eigenvalue weighted by molar-refractivity contribution is 0.102. The summed E-state index contributed by atoms with van der Waals surface area (Å²) >= 11 is 0. The van der Waals surface area contributed by atoms with Gasteiger partial charge in [0.15, 0.2) is 0 Å². The van der Waals surface area contributed by atoms with Crippen LogP contribution in [0.4, 0.5) is 11.4 Å². The van der Waals surface area contributed by atoms with Gasteiger partial charge in [0.05, 0.1) is 4.90 Å². The van der Waals surface area contributed by atoms with Gasteiger partial charge in [-0.15, -0.1) is 0 Å². The quantitative estimate of drug-likeness (QED) is 0.661. The summed E-state index contributed by atoms with van der Waals surface area (Å²) in [6.07, 6.45) is 0. The van der Waals surface area contributed by atoms with E-state index in [0.29, 0.717) is 16.9 Å². The van der Waals surface area contributed by atoms with E-state index in [2.05, 4.69) is 10.0 Å². The third-order valence-corrected chi connectivity index (χ3v) is 5.72. The predicted molar refractivity (Wildman–Crippen MR) is 112 cm³/mol. The lowest BCUT2D eigenvalue weighted by atomic mass is 10.1. The molecular weight excluding hydrogens is 372 g/mol. The Morgan fingerprint density at radius 2 is 1.46 bits per heavy atom. The number of benzene rings is 3. The first-order valence-electron chi connectivity index (χ1n) is 8.83. The largest absolute Gasteiger partial charge is 0.322 e. The molecule has 0 saturated carbocycles. The van der Waals surface area contributed by atoms with Gasteiger partial charge in [-0.05, 0) is 74.4 Å². The molecule has 5 nitrogen and oxygen atoms in total. The Hall–Kier alpha value is -3.12. The molecule has 0 heterocycles. The molecule has 1 amide bonds. The summed E-state index contributed by atoms with van der Waals surface area (Å²) in [5, 5.41) is 2.80. The highest BCUT2D eigenvalue weighted by molar-refractivity contribution is 7.92. The van der Waals surface area contributed by atoms with Crippen LogP contribution in [0.3, 0.4) is 0 Å². The van der Waals surface area contributed by atoms with Crippen molar-refractivity contribution in [2.45, 2.75) is 25.7 Å². The van der Waals surface area contributed by atoms with Crippen molar-refractivity contribution < 1.29 is 13.2 Å². The maximum Gasteiger partial charge on any atom is 0.261 e. The molecule has 144 valence electrons. The van der Waals surface area contributed by atoms with Gasteiger partial charge in [0, 0.05) is 16.9 Å². The summed E-state index contributed by atoms with van der Waals surface area (Å²) in [5.41, 5.74) is 4.56. The summed E-state index contributed by atoms with van der Waals surface area (Å²) in [6.45, 7) is 5.75. The number of anilines is 2. The number of amides is 1. The molecule has 0 spiro atoms. The monoisotopic (exact) mass is 394 g/mol. The molecule has 3 rings (SSSR count). The molecule has 0 atom stereocenters. The van der Waals surface area contributed by atoms with Gasteiger partial charge < -0.3 is 5.32 Å². The molecule has 2 N–H and O–H groups in total. The first-order valence-corrected chi connectivity index (χ1v) is 10.3. The van der Waals surface area contributed by atoms with Gasteiger partial charge in [-0.3, -0.25) is 9.52 Å². The standard InChI is InChI=1S/C22H22N2O3S/c1-15-5-4-6-19(14-15)24-28(26,27)20-10-8-18(9-11-20)23-22(25)21-12-7-16(2)13-17(21)3/h4-14,24H,1-3H3,(H,23,25). The van der Waals surface area contributed by atoms with Crippen molar-refractivity contribution in [3.05, 3.63) is 89.0 Å². The Morgan fingerprint density at radius 3 is 2.11 bits per heavy atom. The highest BCUT2D eigenvalue weighted by Gasteiger charge is 2.15. The third-order valence-electron chi connectivity index (χ3n) is 4.32. The summed E-state index contributed by atoms with van der Waals surface area (Å²) in [7, 11) is -3.70. The van der Waals surface area contributed by atoms with Crippen LogP contribution in [-0.2, 0) is 10.0 Å². The van der Waals surface area contributed by atoms with Crippen molar-refractivity contribution in [3.63, 3.8) is 0 Å². The molecule has 0 radical (unpaired) electrons. The molecule has 0 aliphatic carbocycles. The van der Waals surface area contributed by atoms with Crippen LogP contribution >= 0.6 is 0 Å². The topological polar surface area (TPSA) is 75.3 Å². The normalized spacial score (nSPS) is 11.1. The maximum atomic E-state index is 12.5. The van der Waals surface area contributed by atoms with E-state index in [1.807, 2.05) is 39.0 Å². The lowest BCUT2D eigenvalue weighted by Gasteiger charge is -2.11. The van der Waals surface area contributed by atoms with Crippen molar-refractivity contribution in [2.24, 2.45) is 0 Å². The number of hydrogen-bond acceptors (Lipinski definition) is 3. The Kier molecular flexibility index (Phi) is 5.51. The molecule has 0 aliphatic heterocycles. The Balaban J connectivity index is 1.74. The molecule has 0 fully saturated rings. The lowest BCUT2D eigenvalue weighted by Crippen LogP contribution is -2.15. The Bertz CT molecular complexity index is 1120. The zero-order chi connectivity index (χ0) is 20.3. The molecule has 0 unspecified atom stereocenters. The predicted octanol–water partition coefficient (Wildman–Crippen LogP) is 4.66. The Morgan fingerprint density at radius 1 is 0.786 bits per heavy atom. The first-order chi connectivity index (χ1) is 13.2. The van der Waals surface area contributed by atoms with Crippen LogP contribution in [-0.4, -0.2) is 14.3 Å². The Labute approximate surface area is 165 Å². The second-order valence-electron chi connectivity index (χ2n) is 6.77. The minimum absolute atomic E-state index is 0.124. The van der Waals surface area contributed by atoms with Gasteiger partial charge in [0.2, 0.25) is 0 Å². The summed E-state index contributed by atoms with van der Waals surface area (Å²) < 4.78 is 27.7. The molecule has 0 aromatic heterocycles. The molecule has 3 aromatic carbocycles. The second-order valence-corrected chi connectivity index (χ2v) is 8.45. The van der Waals surface area contributed by atoms with Crippen molar-refractivity contribution in [3.8, 4) is 0 Å². The number of carbonyl (C=O) groups excluding carboxylic acids is 1. The third kappa shape index (κ3) is 4.58. The van der Waals surface area contributed by atoms with Crippen LogP contribution in [0.25, 0.3) is 0 Å². The van der Waals surface area contributed by atoms with Gasteiger partial charge in [-0.25, -0.2) is 8.42 Å². The molecule has 0 aliphatic rings. The zero-order valence-electron chi connectivity index (χ0n) is 16.0. The van der Waals surface area contributed by atoms with Crippen molar-refractivity contribution in [2.75, 3.05) is 10.0 Å². The van der Waals surface area contributed by atoms with E-state index in [4.69, 9.17) is 0 Å². The highest BCUT2D eigenvalue weighted by Crippen LogP contribution is 2.20. The van der Waals surface area contributed by atoms with Crippen LogP contribution in [0.2, 0.25) is 0 Å². The second kappa shape index (κ2) is 7.86. The number of carbonyl (C=O) groups is 1. The average Bonchev–Trinajstić information content (AvgIpc) is 2.61. The van der Waals surface area contributed by atoms with Crippen molar-refractivity contribution in [1.82, 2.24) is 0 Å². The summed E-state index contributed by atoms with van der Waals surface area (Å²) in [4.78, 5) is 12.6. The van der Waals surface area contributed by atoms with E-state index in [1.165, 1.54) is 12.1 Å². The zero-order valence-corrected chi connectivity index (χ0v) is 16.8. The van der Waals surface area contributed by atoms with Crippen LogP contribution in [0.15, 0.2) is 71.6 Å². The SMILES string of the molecule is Cc1cccc(NS(=O)(=O)c2ccc(NC(=O)c3ccc(C)cc3C)cc2)c1. The van der Waals surface area contributed by atoms with Gasteiger partial charge in [0.1, 0.15) is 0 Å². The van der Waals surface area contributed by atoms with Crippen LogP contribution < -0.4 is 10.0 Å². The van der Waals surface area contributed by atoms with Gasteiger partial charge in [-0.2, -0.15) is 0 Å². The minimum atomic E-state index is -3.70. The van der Waals surface area contributed by atoms with Gasteiger partial charge in [-0.1, -0.05) is 29.8 Å². The van der Waals surface area contributed by atoms with Gasteiger partial charge >= 0.3 is 0 Å². The van der Waals surface area contributed by atoms with E-state index in [9.17, 15) is 13.2 Å². The first kappa shape index (κ1) is 19.6. The summed E-state index contributed by atoms with van der Waals surface area (Å²) in [5.74, 6) is -0.231. The van der Waals surface area contributed by atoms with Crippen molar-refractivity contribution >= 4 is 27.3 Å². The highest BCUT2D eigenvalue weighted by atomic mass is 32.2. The molecule has 0 saturated heterocycles. The molecule has 6 heteroatoms. The fourth-order valence-corrected chi connectivity index (χ4v) is 3.96. The van der Waals surface area contributed by atoms with Crippen LogP contribution in [0.1, 0.15) is 27.0 Å². The number of nitrogens with one attached hydrogen (secondary N) is 2. The van der Waals surface area contributed by atoms with E-state index in [1.54, 1.807) is 36.4 Å². The fourth-order valence-electron chi connectivity index (χ4n) is 2.91. The van der Waals surface area contributed by atoms with E-state index in [-0.39, 0.29) is 10.8 Å². The number of sulfonamides is 1. The molecule has 3 aromatic rings. The van der Waals surface area contributed by atoms with E-state index in [0.717, 1.165) is 16.7 Å². The minimum Gasteiger partial charge on any atom is -0.322 e. The average molecular weight is 394 g/mol. The maximum absolute atomic E-state index is 12.5. The van der Waals surface area contributed by atoms with Crippen LogP contribution in [0.5, 0.6) is 0 Å². The number of hydrogen-bond donors (Lipinski definition) is 2. The summed E-state index contributed by atoms with van der Waals surface area (Å²) in [6, 6.07) is 18.8. The van der Waals surface area contributed by atoms with Crippen LogP contribution in [0, 0.1) is 20.8 Å². The van der Waals surface area contributed by atoms with E-state index < -0.39 is 10.0 Å². The number of rotatable bonds is 5. The number of aryl methyl sites for hydroxylation is 3. The fraction of sp³-hybridized carbons (Fsp3) is 0.136. The molecule has 28 heavy (non-hydrogen) atoms. The smallest absolute Gasteiger partial charge is 0.261 e. The van der Waals surface area contributed by atoms with Gasteiger partial charge in [0.25, 0.3) is 15.9 Å². The molecular formula is C22H22N2O3S. The van der Waals surface area contributed by atoms with Crippen molar-refractivity contribution in [1.29, 1.82) is 0 Å².